The third kappa shape index (κ3) is 1.42. The molecular formula is C9H17NO. The molecule has 2 heteroatoms. The second kappa shape index (κ2) is 2.76. The first-order valence-corrected chi connectivity index (χ1v) is 4.61. The van der Waals surface area contributed by atoms with E-state index in [1.165, 1.54) is 43.7 Å². The summed E-state index contributed by atoms with van der Waals surface area (Å²) < 4.78 is 5.79. The van der Waals surface area contributed by atoms with E-state index in [-0.39, 0.29) is 0 Å². The number of rotatable bonds is 0. The van der Waals surface area contributed by atoms with E-state index < -0.39 is 0 Å². The predicted molar refractivity (Wildman–Crippen MR) is 43.2 cm³/mol. The fraction of sp³-hybridized carbons (Fsp3) is 0.889. The summed E-state index contributed by atoms with van der Waals surface area (Å²) in [5, 5.41) is 0. The summed E-state index contributed by atoms with van der Waals surface area (Å²) >= 11 is 0. The van der Waals surface area contributed by atoms with E-state index in [0.29, 0.717) is 5.60 Å². The lowest BCUT2D eigenvalue weighted by Gasteiger charge is -2.37. The lowest BCUT2D eigenvalue weighted by atomic mass is 9.89. The van der Waals surface area contributed by atoms with E-state index >= 15 is 0 Å². The van der Waals surface area contributed by atoms with Gasteiger partial charge in [0, 0.05) is 19.4 Å². The smallest absolute Gasteiger partial charge is 0.0788 e. The highest BCUT2D eigenvalue weighted by Crippen LogP contribution is 2.32. The van der Waals surface area contributed by atoms with Gasteiger partial charge >= 0.3 is 0 Å². The van der Waals surface area contributed by atoms with Gasteiger partial charge in [-0.15, -0.1) is 0 Å². The summed E-state index contributed by atoms with van der Waals surface area (Å²) in [6, 6.07) is 0. The van der Waals surface area contributed by atoms with Crippen molar-refractivity contribution >= 4 is 0 Å². The molecule has 0 aromatic rings. The Bertz CT molecular complexity index is 130. The molecule has 0 saturated carbocycles. The van der Waals surface area contributed by atoms with Gasteiger partial charge in [-0.3, -0.25) is 0 Å². The van der Waals surface area contributed by atoms with Gasteiger partial charge in [-0.1, -0.05) is 0 Å². The molecule has 2 heterocycles. The maximum atomic E-state index is 5.79. The van der Waals surface area contributed by atoms with Crippen LogP contribution < -0.4 is 4.90 Å². The fourth-order valence-electron chi connectivity index (χ4n) is 2.21. The van der Waals surface area contributed by atoms with Crippen LogP contribution in [0.25, 0.3) is 0 Å². The van der Waals surface area contributed by atoms with Crippen LogP contribution in [0, 0.1) is 7.05 Å². The van der Waals surface area contributed by atoms with E-state index in [4.69, 9.17) is 4.74 Å². The van der Waals surface area contributed by atoms with Gasteiger partial charge in [-0.2, -0.15) is 7.05 Å². The Morgan fingerprint density at radius 3 is 2.45 bits per heavy atom. The Morgan fingerprint density at radius 1 is 1.18 bits per heavy atom. The number of ether oxygens (including phenoxy) is 1. The summed E-state index contributed by atoms with van der Waals surface area (Å²) in [5.41, 5.74) is 0.293. The third-order valence-electron chi connectivity index (χ3n) is 3.05. The molecule has 2 aliphatic heterocycles. The van der Waals surface area contributed by atoms with Crippen LogP contribution in [0.2, 0.25) is 0 Å². The van der Waals surface area contributed by atoms with Gasteiger partial charge < -0.3 is 9.64 Å². The third-order valence-corrected chi connectivity index (χ3v) is 3.05. The maximum absolute atomic E-state index is 5.79. The molecule has 2 rings (SSSR count). The minimum absolute atomic E-state index is 0.293. The van der Waals surface area contributed by atoms with Crippen LogP contribution in [0.3, 0.4) is 0 Å². The molecule has 0 aromatic heterocycles. The summed E-state index contributed by atoms with van der Waals surface area (Å²) in [6.07, 6.45) is 5.02. The van der Waals surface area contributed by atoms with Gasteiger partial charge in [0.05, 0.1) is 18.7 Å². The highest BCUT2D eigenvalue weighted by molar-refractivity contribution is 4.86. The van der Waals surface area contributed by atoms with Gasteiger partial charge in [-0.05, 0) is 12.8 Å². The Balaban J connectivity index is 1.94. The average Bonchev–Trinajstić information content (AvgIpc) is 2.45. The quantitative estimate of drug-likeness (QED) is 0.486. The molecule has 2 saturated heterocycles. The van der Waals surface area contributed by atoms with Crippen molar-refractivity contribution in [2.45, 2.75) is 31.3 Å². The van der Waals surface area contributed by atoms with Crippen molar-refractivity contribution in [3.8, 4) is 0 Å². The van der Waals surface area contributed by atoms with Gasteiger partial charge in [0.25, 0.3) is 0 Å². The molecule has 0 radical (unpaired) electrons. The Kier molecular flexibility index (Phi) is 1.90. The zero-order valence-corrected chi connectivity index (χ0v) is 7.07. The monoisotopic (exact) mass is 155 g/mol. The largest absolute Gasteiger partial charge is 0.468 e. The van der Waals surface area contributed by atoms with Gasteiger partial charge in [-0.25, -0.2) is 0 Å². The van der Waals surface area contributed by atoms with Crippen molar-refractivity contribution in [1.82, 2.24) is 0 Å². The molecule has 1 spiro atoms. The highest BCUT2D eigenvalue weighted by atomic mass is 16.5. The minimum atomic E-state index is 0.293. The van der Waals surface area contributed by atoms with Crippen LogP contribution in [0.5, 0.6) is 0 Å². The van der Waals surface area contributed by atoms with Crippen LogP contribution in [0.15, 0.2) is 0 Å². The zero-order chi connectivity index (χ0) is 7.73. The summed E-state index contributed by atoms with van der Waals surface area (Å²) in [6.45, 7) is 3.38. The van der Waals surface area contributed by atoms with Crippen LogP contribution in [-0.4, -0.2) is 25.3 Å². The Hall–Kier alpha value is -0.0800. The lowest BCUT2D eigenvalue weighted by Crippen LogP contribution is -3.08. The topological polar surface area (TPSA) is 13.7 Å². The molecule has 0 atom stereocenters. The summed E-state index contributed by atoms with van der Waals surface area (Å²) in [5.74, 6) is 0. The van der Waals surface area contributed by atoms with E-state index in [0.717, 1.165) is 6.61 Å². The second-order valence-electron chi connectivity index (χ2n) is 3.89. The Morgan fingerprint density at radius 2 is 1.91 bits per heavy atom. The molecular weight excluding hydrogens is 138 g/mol. The molecule has 1 N–H and O–H groups in total. The van der Waals surface area contributed by atoms with E-state index in [1.54, 1.807) is 0 Å². The standard InChI is InChI=1S/C9H17NO/c1-10-6-4-9(5-7-10)3-2-8-11-9/h10H,1-8H2. The summed E-state index contributed by atoms with van der Waals surface area (Å²) in [7, 11) is 4.01. The molecule has 0 bridgehead atoms. The average molecular weight is 155 g/mol. The van der Waals surface area contributed by atoms with Crippen LogP contribution in [0.1, 0.15) is 25.7 Å². The van der Waals surface area contributed by atoms with E-state index in [1.807, 2.05) is 0 Å². The molecule has 0 aromatic carbocycles. The molecule has 2 aliphatic rings. The van der Waals surface area contributed by atoms with Crippen LogP contribution in [-0.2, 0) is 4.74 Å². The molecule has 2 fully saturated rings. The fourth-order valence-corrected chi connectivity index (χ4v) is 2.21. The number of nitrogens with one attached hydrogen (secondary N) is 1. The molecule has 0 amide bonds. The molecule has 0 aliphatic carbocycles. The number of hydrogen-bond donors (Lipinski definition) is 1. The predicted octanol–water partition coefficient (Wildman–Crippen LogP) is 0.00589. The summed E-state index contributed by atoms with van der Waals surface area (Å²) in [4.78, 5) is 1.42. The van der Waals surface area contributed by atoms with Gasteiger partial charge in [0.1, 0.15) is 0 Å². The van der Waals surface area contributed by atoms with E-state index in [9.17, 15) is 0 Å². The number of quaternary nitrogens is 1. The molecule has 11 heavy (non-hydrogen) atoms. The van der Waals surface area contributed by atoms with Crippen molar-refractivity contribution in [2.24, 2.45) is 0 Å². The van der Waals surface area contributed by atoms with Crippen molar-refractivity contribution in [1.29, 1.82) is 0 Å². The number of hydrogen-bond acceptors (Lipinski definition) is 1. The SMILES string of the molecule is [CH2-][NH+]1CCC2(CCCO2)CC1. The normalized spacial score (nSPS) is 45.0. The van der Waals surface area contributed by atoms with Crippen molar-refractivity contribution in [3.63, 3.8) is 0 Å². The lowest BCUT2D eigenvalue weighted by molar-refractivity contribution is -0.862. The molecule has 0 unspecified atom stereocenters. The molecule has 64 valence electrons. The van der Waals surface area contributed by atoms with Crippen LogP contribution in [0.4, 0.5) is 0 Å². The van der Waals surface area contributed by atoms with Crippen LogP contribution >= 0.6 is 0 Å². The number of piperidine rings is 1. The van der Waals surface area contributed by atoms with Gasteiger partial charge in [0.15, 0.2) is 0 Å². The minimum Gasteiger partial charge on any atom is -0.468 e. The Labute approximate surface area is 68.5 Å². The zero-order valence-electron chi connectivity index (χ0n) is 7.07. The van der Waals surface area contributed by atoms with Crippen molar-refractivity contribution in [3.05, 3.63) is 7.05 Å². The number of likely N-dealkylation sites (tertiary alicyclic amines) is 1. The maximum Gasteiger partial charge on any atom is 0.0788 e. The highest BCUT2D eigenvalue weighted by Gasteiger charge is 2.38. The first-order chi connectivity index (χ1) is 5.31. The first kappa shape index (κ1) is 7.56. The van der Waals surface area contributed by atoms with E-state index in [2.05, 4.69) is 7.05 Å². The second-order valence-corrected chi connectivity index (χ2v) is 3.89. The van der Waals surface area contributed by atoms with Crippen molar-refractivity contribution < 1.29 is 9.64 Å². The van der Waals surface area contributed by atoms with Crippen molar-refractivity contribution in [2.75, 3.05) is 19.7 Å². The first-order valence-electron chi connectivity index (χ1n) is 4.61. The molecule has 2 nitrogen and oxygen atoms in total. The van der Waals surface area contributed by atoms with Gasteiger partial charge in [0.2, 0.25) is 0 Å².